The number of nitrogens with one attached hydrogen (secondary N) is 1. The molecule has 1 N–H and O–H groups in total. The number of hydrogen-bond acceptors (Lipinski definition) is 4. The fraction of sp³-hybridized carbons (Fsp3) is 0.0500. The van der Waals surface area contributed by atoms with Gasteiger partial charge in [0, 0.05) is 15.6 Å². The van der Waals surface area contributed by atoms with Gasteiger partial charge in [0.2, 0.25) is 0 Å². The van der Waals surface area contributed by atoms with E-state index in [4.69, 9.17) is 0 Å². The predicted octanol–water partition coefficient (Wildman–Crippen LogP) is 5.06. The number of thiophene rings is 1. The van der Waals surface area contributed by atoms with Crippen LogP contribution in [0.1, 0.15) is 15.2 Å². The van der Waals surface area contributed by atoms with E-state index in [9.17, 15) is 9.18 Å². The molecule has 0 spiro atoms. The average molecular weight is 363 g/mol. The number of halogens is 1. The van der Waals surface area contributed by atoms with Crippen LogP contribution in [-0.2, 0) is 0 Å². The first-order valence-electron chi connectivity index (χ1n) is 8.00. The Labute approximate surface area is 153 Å². The molecule has 0 unspecified atom stereocenters. The van der Waals surface area contributed by atoms with Crippen LogP contribution >= 0.6 is 11.3 Å². The molecule has 0 aliphatic rings. The van der Waals surface area contributed by atoms with Crippen molar-refractivity contribution in [3.63, 3.8) is 0 Å². The molecule has 6 heteroatoms. The van der Waals surface area contributed by atoms with Gasteiger partial charge in [-0.2, -0.15) is 0 Å². The minimum atomic E-state index is -0.314. The molecular weight excluding hydrogens is 349 g/mol. The monoisotopic (exact) mass is 363 g/mol. The van der Waals surface area contributed by atoms with Crippen LogP contribution < -0.4 is 5.32 Å². The Bertz CT molecular complexity index is 1090. The van der Waals surface area contributed by atoms with Gasteiger partial charge in [-0.3, -0.25) is 4.79 Å². The van der Waals surface area contributed by atoms with E-state index in [1.165, 1.54) is 17.4 Å². The van der Waals surface area contributed by atoms with Gasteiger partial charge in [-0.1, -0.05) is 36.4 Å². The standard InChI is InChI=1S/C20H14FN3OS/c1-12-17-15(21)8-5-9-16(17)26-18(12)20(25)24-14-10-22-19(23-11-14)13-6-3-2-4-7-13/h2-11H,1H3,(H,24,25). The Balaban J connectivity index is 1.59. The zero-order valence-electron chi connectivity index (χ0n) is 13.9. The van der Waals surface area contributed by atoms with Crippen molar-refractivity contribution in [2.24, 2.45) is 0 Å². The summed E-state index contributed by atoms with van der Waals surface area (Å²) in [7, 11) is 0. The fourth-order valence-corrected chi connectivity index (χ4v) is 3.90. The maximum Gasteiger partial charge on any atom is 0.266 e. The molecule has 26 heavy (non-hydrogen) atoms. The minimum absolute atomic E-state index is 0.292. The van der Waals surface area contributed by atoms with Crippen LogP contribution in [0.15, 0.2) is 60.9 Å². The number of benzene rings is 2. The molecule has 2 heterocycles. The molecule has 0 saturated carbocycles. The summed E-state index contributed by atoms with van der Waals surface area (Å²) in [4.78, 5) is 21.7. The molecule has 128 valence electrons. The Morgan fingerprint density at radius 2 is 1.77 bits per heavy atom. The highest BCUT2D eigenvalue weighted by Gasteiger charge is 2.18. The minimum Gasteiger partial charge on any atom is -0.319 e. The van der Waals surface area contributed by atoms with Gasteiger partial charge in [-0.05, 0) is 24.6 Å². The summed E-state index contributed by atoms with van der Waals surface area (Å²) in [6, 6.07) is 14.4. The Kier molecular flexibility index (Phi) is 4.18. The summed E-state index contributed by atoms with van der Waals surface area (Å²) in [5.74, 6) is -0.0197. The van der Waals surface area contributed by atoms with Crippen LogP contribution in [0.2, 0.25) is 0 Å². The Morgan fingerprint density at radius 3 is 2.46 bits per heavy atom. The van der Waals surface area contributed by atoms with E-state index >= 15 is 0 Å². The number of hydrogen-bond donors (Lipinski definition) is 1. The quantitative estimate of drug-likeness (QED) is 0.554. The summed E-state index contributed by atoms with van der Waals surface area (Å²) < 4.78 is 14.8. The summed E-state index contributed by atoms with van der Waals surface area (Å²) in [6.45, 7) is 1.76. The van der Waals surface area contributed by atoms with Crippen molar-refractivity contribution in [3.05, 3.63) is 77.2 Å². The molecule has 0 aliphatic carbocycles. The van der Waals surface area contributed by atoms with Crippen molar-refractivity contribution in [2.75, 3.05) is 5.32 Å². The maximum absolute atomic E-state index is 14.0. The molecule has 0 bridgehead atoms. The molecule has 0 fully saturated rings. The molecule has 1 amide bonds. The number of rotatable bonds is 3. The first kappa shape index (κ1) is 16.4. The lowest BCUT2D eigenvalue weighted by Crippen LogP contribution is -2.12. The number of aryl methyl sites for hydroxylation is 1. The number of carbonyl (C=O) groups is 1. The van der Waals surface area contributed by atoms with E-state index in [0.717, 1.165) is 10.3 Å². The van der Waals surface area contributed by atoms with Crippen LogP contribution in [0, 0.1) is 12.7 Å². The van der Waals surface area contributed by atoms with Gasteiger partial charge in [0.05, 0.1) is 23.0 Å². The number of anilines is 1. The third kappa shape index (κ3) is 2.95. The van der Waals surface area contributed by atoms with Crippen molar-refractivity contribution in [2.45, 2.75) is 6.92 Å². The molecule has 4 rings (SSSR count). The molecule has 0 atom stereocenters. The van der Waals surface area contributed by atoms with Crippen LogP contribution in [0.25, 0.3) is 21.5 Å². The first-order chi connectivity index (χ1) is 12.6. The van der Waals surface area contributed by atoms with Gasteiger partial charge in [0.25, 0.3) is 5.91 Å². The zero-order valence-corrected chi connectivity index (χ0v) is 14.7. The first-order valence-corrected chi connectivity index (χ1v) is 8.81. The smallest absolute Gasteiger partial charge is 0.266 e. The lowest BCUT2D eigenvalue weighted by Gasteiger charge is -2.05. The summed E-state index contributed by atoms with van der Waals surface area (Å²) in [5, 5.41) is 3.28. The second-order valence-electron chi connectivity index (χ2n) is 5.78. The maximum atomic E-state index is 14.0. The van der Waals surface area contributed by atoms with Crippen LogP contribution in [0.4, 0.5) is 10.1 Å². The molecular formula is C20H14FN3OS. The van der Waals surface area contributed by atoms with E-state index in [1.54, 1.807) is 25.4 Å². The highest BCUT2D eigenvalue weighted by molar-refractivity contribution is 7.21. The number of nitrogens with zero attached hydrogens (tertiary/aromatic N) is 2. The van der Waals surface area contributed by atoms with Gasteiger partial charge in [-0.15, -0.1) is 11.3 Å². The number of aromatic nitrogens is 2. The molecule has 0 aliphatic heterocycles. The average Bonchev–Trinajstić information content (AvgIpc) is 3.01. The van der Waals surface area contributed by atoms with E-state index in [0.29, 0.717) is 27.3 Å². The summed E-state index contributed by atoms with van der Waals surface area (Å²) >= 11 is 1.27. The Morgan fingerprint density at radius 1 is 1.04 bits per heavy atom. The van der Waals surface area contributed by atoms with Crippen molar-refractivity contribution in [3.8, 4) is 11.4 Å². The second kappa shape index (κ2) is 6.65. The van der Waals surface area contributed by atoms with Crippen LogP contribution in [0.5, 0.6) is 0 Å². The molecule has 2 aromatic heterocycles. The van der Waals surface area contributed by atoms with Crippen molar-refractivity contribution >= 4 is 33.0 Å². The number of amides is 1. The van der Waals surface area contributed by atoms with Crippen LogP contribution in [-0.4, -0.2) is 15.9 Å². The third-order valence-corrected chi connectivity index (χ3v) is 5.31. The zero-order chi connectivity index (χ0) is 18.1. The molecule has 0 radical (unpaired) electrons. The lowest BCUT2D eigenvalue weighted by molar-refractivity contribution is 0.103. The van der Waals surface area contributed by atoms with Gasteiger partial charge >= 0.3 is 0 Å². The second-order valence-corrected chi connectivity index (χ2v) is 6.84. The van der Waals surface area contributed by atoms with Crippen molar-refractivity contribution in [1.82, 2.24) is 9.97 Å². The van der Waals surface area contributed by atoms with E-state index in [2.05, 4.69) is 15.3 Å². The van der Waals surface area contributed by atoms with Gasteiger partial charge in [-0.25, -0.2) is 14.4 Å². The molecule has 4 aromatic rings. The fourth-order valence-electron chi connectivity index (χ4n) is 2.79. The van der Waals surface area contributed by atoms with Gasteiger partial charge in [0.1, 0.15) is 5.82 Å². The number of fused-ring (bicyclic) bond motifs is 1. The molecule has 0 saturated heterocycles. The molecule has 2 aromatic carbocycles. The van der Waals surface area contributed by atoms with E-state index in [1.807, 2.05) is 36.4 Å². The van der Waals surface area contributed by atoms with Crippen LogP contribution in [0.3, 0.4) is 0 Å². The van der Waals surface area contributed by atoms with E-state index < -0.39 is 0 Å². The highest BCUT2D eigenvalue weighted by Crippen LogP contribution is 2.33. The Hall–Kier alpha value is -3.12. The highest BCUT2D eigenvalue weighted by atomic mass is 32.1. The normalized spacial score (nSPS) is 10.8. The van der Waals surface area contributed by atoms with Gasteiger partial charge in [0.15, 0.2) is 5.82 Å². The summed E-state index contributed by atoms with van der Waals surface area (Å²) in [6.07, 6.45) is 3.13. The predicted molar refractivity (Wildman–Crippen MR) is 102 cm³/mol. The topological polar surface area (TPSA) is 54.9 Å². The van der Waals surface area contributed by atoms with Gasteiger partial charge < -0.3 is 5.32 Å². The number of carbonyl (C=O) groups excluding carboxylic acids is 1. The lowest BCUT2D eigenvalue weighted by atomic mass is 10.1. The van der Waals surface area contributed by atoms with Crippen molar-refractivity contribution < 1.29 is 9.18 Å². The largest absolute Gasteiger partial charge is 0.319 e. The molecule has 4 nitrogen and oxygen atoms in total. The van der Waals surface area contributed by atoms with Crippen molar-refractivity contribution in [1.29, 1.82) is 0 Å². The van der Waals surface area contributed by atoms with E-state index in [-0.39, 0.29) is 11.7 Å². The SMILES string of the molecule is Cc1c(C(=O)Nc2cnc(-c3ccccc3)nc2)sc2cccc(F)c12. The third-order valence-electron chi connectivity index (χ3n) is 4.05. The summed E-state index contributed by atoms with van der Waals surface area (Å²) in [5.41, 5.74) is 2.04.